The predicted octanol–water partition coefficient (Wildman–Crippen LogP) is 8.27. The Labute approximate surface area is 182 Å². The number of unbranched alkanes of at least 4 members (excludes halogenated alkanes) is 2. The molecule has 3 aromatic carbocycles. The molecular weight excluding hydrogens is 360 g/mol. The molecule has 0 spiro atoms. The molecule has 0 heterocycles. The summed E-state index contributed by atoms with van der Waals surface area (Å²) in [4.78, 5) is 0. The third-order valence-electron chi connectivity index (χ3n) is 6.72. The van der Waals surface area contributed by atoms with Gasteiger partial charge in [0.1, 0.15) is 0 Å². The summed E-state index contributed by atoms with van der Waals surface area (Å²) in [6.45, 7) is 4.64. The van der Waals surface area contributed by atoms with Gasteiger partial charge in [-0.2, -0.15) is 0 Å². The van der Waals surface area contributed by atoms with Crippen molar-refractivity contribution in [1.82, 2.24) is 0 Å². The SMILES string of the molecule is CCCCCc1ccc2cc(C#Cc3ccc([C@H]4CC[C@H](C)CC4)cc3)ccc2c1. The Morgan fingerprint density at radius 1 is 0.733 bits per heavy atom. The summed E-state index contributed by atoms with van der Waals surface area (Å²) in [5, 5.41) is 2.60. The van der Waals surface area contributed by atoms with Crippen molar-refractivity contribution in [3.05, 3.63) is 82.9 Å². The summed E-state index contributed by atoms with van der Waals surface area (Å²) in [7, 11) is 0. The van der Waals surface area contributed by atoms with Crippen molar-refractivity contribution in [2.75, 3.05) is 0 Å². The summed E-state index contributed by atoms with van der Waals surface area (Å²) >= 11 is 0. The lowest BCUT2D eigenvalue weighted by Crippen LogP contribution is -2.10. The number of rotatable bonds is 5. The highest BCUT2D eigenvalue weighted by Gasteiger charge is 2.19. The van der Waals surface area contributed by atoms with Crippen molar-refractivity contribution in [3.8, 4) is 11.8 Å². The van der Waals surface area contributed by atoms with Gasteiger partial charge < -0.3 is 0 Å². The van der Waals surface area contributed by atoms with Crippen LogP contribution < -0.4 is 0 Å². The van der Waals surface area contributed by atoms with Crippen molar-refractivity contribution >= 4 is 10.8 Å². The fourth-order valence-electron chi connectivity index (χ4n) is 4.68. The zero-order valence-corrected chi connectivity index (χ0v) is 18.6. The molecular formula is C30H34. The van der Waals surface area contributed by atoms with Crippen LogP contribution in [0.15, 0.2) is 60.7 Å². The summed E-state index contributed by atoms with van der Waals surface area (Å²) in [6, 6.07) is 22.5. The number of benzene rings is 3. The molecule has 0 N–H and O–H groups in total. The van der Waals surface area contributed by atoms with Crippen LogP contribution in [0.4, 0.5) is 0 Å². The Morgan fingerprint density at radius 3 is 2.17 bits per heavy atom. The van der Waals surface area contributed by atoms with Crippen molar-refractivity contribution < 1.29 is 0 Å². The van der Waals surface area contributed by atoms with E-state index in [9.17, 15) is 0 Å². The second kappa shape index (κ2) is 9.99. The first kappa shape index (κ1) is 20.7. The molecule has 0 bridgehead atoms. The van der Waals surface area contributed by atoms with E-state index >= 15 is 0 Å². The average molecular weight is 395 g/mol. The minimum absolute atomic E-state index is 0.746. The molecule has 0 saturated heterocycles. The normalized spacial score (nSPS) is 18.7. The molecule has 0 heteroatoms. The molecule has 0 aromatic heterocycles. The molecule has 0 amide bonds. The van der Waals surface area contributed by atoms with Crippen molar-refractivity contribution in [2.45, 2.75) is 71.1 Å². The van der Waals surface area contributed by atoms with Crippen LogP contribution in [0.2, 0.25) is 0 Å². The Hall–Kier alpha value is -2.52. The maximum Gasteiger partial charge on any atom is 0.0255 e. The summed E-state index contributed by atoms with van der Waals surface area (Å²) in [6.07, 6.45) is 10.5. The monoisotopic (exact) mass is 394 g/mol. The molecule has 4 rings (SSSR count). The standard InChI is InChI=1S/C30H34/c1-3-4-5-6-25-13-19-30-22-26(14-20-29(30)21-25)10-9-24-11-17-28(18-12-24)27-15-7-23(2)8-16-27/h11-14,17-23,27H,3-8,15-16H2,1-2H3/t23-,27-. The quantitative estimate of drug-likeness (QED) is 0.302. The molecule has 1 aliphatic rings. The van der Waals surface area contributed by atoms with Gasteiger partial charge in [-0.25, -0.2) is 0 Å². The van der Waals surface area contributed by atoms with Crippen LogP contribution in [0.3, 0.4) is 0 Å². The largest absolute Gasteiger partial charge is 0.0654 e. The van der Waals surface area contributed by atoms with Gasteiger partial charge >= 0.3 is 0 Å². The smallest absolute Gasteiger partial charge is 0.0255 e. The number of fused-ring (bicyclic) bond motifs is 1. The summed E-state index contributed by atoms with van der Waals surface area (Å²) < 4.78 is 0. The van der Waals surface area contributed by atoms with E-state index in [4.69, 9.17) is 0 Å². The first-order valence-corrected chi connectivity index (χ1v) is 11.9. The maximum atomic E-state index is 3.36. The van der Waals surface area contributed by atoms with Crippen LogP contribution in [0, 0.1) is 17.8 Å². The van der Waals surface area contributed by atoms with E-state index in [0.717, 1.165) is 23.0 Å². The van der Waals surface area contributed by atoms with Crippen molar-refractivity contribution in [3.63, 3.8) is 0 Å². The van der Waals surface area contributed by atoms with Crippen LogP contribution in [-0.4, -0.2) is 0 Å². The zero-order chi connectivity index (χ0) is 20.8. The van der Waals surface area contributed by atoms with E-state index in [-0.39, 0.29) is 0 Å². The van der Waals surface area contributed by atoms with E-state index in [1.54, 1.807) is 0 Å². The Kier molecular flexibility index (Phi) is 6.91. The molecule has 0 atom stereocenters. The molecule has 1 aliphatic carbocycles. The highest BCUT2D eigenvalue weighted by atomic mass is 14.2. The number of hydrogen-bond donors (Lipinski definition) is 0. The Morgan fingerprint density at radius 2 is 1.40 bits per heavy atom. The molecule has 30 heavy (non-hydrogen) atoms. The number of aryl methyl sites for hydroxylation is 1. The maximum absolute atomic E-state index is 3.36. The molecule has 154 valence electrons. The molecule has 0 unspecified atom stereocenters. The zero-order valence-electron chi connectivity index (χ0n) is 18.6. The lowest BCUT2D eigenvalue weighted by Gasteiger charge is -2.26. The van der Waals surface area contributed by atoms with Crippen molar-refractivity contribution in [1.29, 1.82) is 0 Å². The Bertz CT molecular complexity index is 1020. The van der Waals surface area contributed by atoms with Crippen molar-refractivity contribution in [2.24, 2.45) is 5.92 Å². The predicted molar refractivity (Wildman–Crippen MR) is 130 cm³/mol. The van der Waals surface area contributed by atoms with Gasteiger partial charge in [0.25, 0.3) is 0 Å². The lowest BCUT2D eigenvalue weighted by molar-refractivity contribution is 0.348. The fraction of sp³-hybridized carbons (Fsp3) is 0.400. The first-order valence-electron chi connectivity index (χ1n) is 11.9. The van der Waals surface area contributed by atoms with E-state index < -0.39 is 0 Å². The van der Waals surface area contributed by atoms with Gasteiger partial charge in [0.2, 0.25) is 0 Å². The van der Waals surface area contributed by atoms with Gasteiger partial charge in [-0.05, 0) is 83.7 Å². The molecule has 0 radical (unpaired) electrons. The topological polar surface area (TPSA) is 0 Å². The second-order valence-electron chi connectivity index (χ2n) is 9.18. The molecule has 1 fully saturated rings. The van der Waals surface area contributed by atoms with Gasteiger partial charge in [0.15, 0.2) is 0 Å². The average Bonchev–Trinajstić information content (AvgIpc) is 2.79. The van der Waals surface area contributed by atoms with Gasteiger partial charge in [-0.15, -0.1) is 0 Å². The molecule has 0 aliphatic heterocycles. The molecule has 0 nitrogen and oxygen atoms in total. The summed E-state index contributed by atoms with van der Waals surface area (Å²) in [5.41, 5.74) is 5.14. The summed E-state index contributed by atoms with van der Waals surface area (Å²) in [5.74, 6) is 8.37. The third kappa shape index (κ3) is 5.34. The second-order valence-corrected chi connectivity index (χ2v) is 9.18. The first-order chi connectivity index (χ1) is 14.7. The van der Waals surface area contributed by atoms with E-state index in [1.165, 1.54) is 73.3 Å². The van der Waals surface area contributed by atoms with Gasteiger partial charge in [0.05, 0.1) is 0 Å². The van der Waals surface area contributed by atoms with E-state index in [2.05, 4.69) is 86.4 Å². The fourth-order valence-corrected chi connectivity index (χ4v) is 4.68. The van der Waals surface area contributed by atoms with Crippen LogP contribution in [0.5, 0.6) is 0 Å². The van der Waals surface area contributed by atoms with Crippen LogP contribution in [0.25, 0.3) is 10.8 Å². The lowest BCUT2D eigenvalue weighted by atomic mass is 9.79. The van der Waals surface area contributed by atoms with E-state index in [0.29, 0.717) is 0 Å². The highest BCUT2D eigenvalue weighted by molar-refractivity contribution is 5.84. The Balaban J connectivity index is 1.43. The van der Waals surface area contributed by atoms with Gasteiger partial charge in [0, 0.05) is 11.1 Å². The third-order valence-corrected chi connectivity index (χ3v) is 6.72. The molecule has 1 saturated carbocycles. The highest BCUT2D eigenvalue weighted by Crippen LogP contribution is 2.35. The number of hydrogen-bond acceptors (Lipinski definition) is 0. The molecule has 3 aromatic rings. The van der Waals surface area contributed by atoms with Crippen LogP contribution in [-0.2, 0) is 6.42 Å². The van der Waals surface area contributed by atoms with Crippen LogP contribution >= 0.6 is 0 Å². The minimum atomic E-state index is 0.746. The van der Waals surface area contributed by atoms with Gasteiger partial charge in [-0.3, -0.25) is 0 Å². The van der Waals surface area contributed by atoms with Crippen LogP contribution in [0.1, 0.15) is 87.0 Å². The van der Waals surface area contributed by atoms with E-state index in [1.807, 2.05) is 0 Å². The minimum Gasteiger partial charge on any atom is -0.0654 e. The van der Waals surface area contributed by atoms with Gasteiger partial charge in [-0.1, -0.05) is 87.8 Å².